The number of aromatic nitrogens is 2. The molecular weight excluding hydrogens is 364 g/mol. The number of morpholine rings is 1. The van der Waals surface area contributed by atoms with Crippen molar-refractivity contribution in [2.75, 3.05) is 77.5 Å². The third kappa shape index (κ3) is 5.52. The normalized spacial score (nSPS) is 18.0. The van der Waals surface area contributed by atoms with Crippen molar-refractivity contribution in [3.63, 3.8) is 0 Å². The molecule has 2 amide bonds. The Hall–Kier alpha value is -2.46. The van der Waals surface area contributed by atoms with Crippen LogP contribution in [-0.2, 0) is 9.47 Å². The smallest absolute Gasteiger partial charge is 0.409 e. The third-order valence-corrected chi connectivity index (χ3v) is 4.81. The Labute approximate surface area is 164 Å². The SMILES string of the molecule is CCOC(=O)N1CCN(C(=O)c2ccc(NCCN3CCOCC3)nn2)CC1. The first-order chi connectivity index (χ1) is 13.7. The van der Waals surface area contributed by atoms with Crippen LogP contribution in [0.25, 0.3) is 0 Å². The van der Waals surface area contributed by atoms with Gasteiger partial charge in [0.1, 0.15) is 5.82 Å². The van der Waals surface area contributed by atoms with Crippen LogP contribution in [0.15, 0.2) is 12.1 Å². The zero-order chi connectivity index (χ0) is 19.8. The number of piperazine rings is 1. The highest BCUT2D eigenvalue weighted by Gasteiger charge is 2.26. The molecule has 28 heavy (non-hydrogen) atoms. The number of carbonyl (C=O) groups is 2. The van der Waals surface area contributed by atoms with Crippen molar-refractivity contribution in [1.82, 2.24) is 24.9 Å². The summed E-state index contributed by atoms with van der Waals surface area (Å²) in [5.41, 5.74) is 0.309. The van der Waals surface area contributed by atoms with Gasteiger partial charge in [0.25, 0.3) is 5.91 Å². The quantitative estimate of drug-likeness (QED) is 0.730. The van der Waals surface area contributed by atoms with Crippen molar-refractivity contribution >= 4 is 17.8 Å². The van der Waals surface area contributed by atoms with E-state index >= 15 is 0 Å². The Kier molecular flexibility index (Phi) is 7.38. The third-order valence-electron chi connectivity index (χ3n) is 4.81. The summed E-state index contributed by atoms with van der Waals surface area (Å²) in [4.78, 5) is 29.9. The molecule has 0 saturated carbocycles. The lowest BCUT2D eigenvalue weighted by atomic mass is 10.2. The van der Waals surface area contributed by atoms with Gasteiger partial charge in [-0.15, -0.1) is 10.2 Å². The van der Waals surface area contributed by atoms with E-state index in [1.165, 1.54) is 0 Å². The average Bonchev–Trinajstić information content (AvgIpc) is 2.75. The van der Waals surface area contributed by atoms with E-state index < -0.39 is 0 Å². The van der Waals surface area contributed by atoms with E-state index in [0.717, 1.165) is 39.4 Å². The molecule has 2 aliphatic rings. The van der Waals surface area contributed by atoms with E-state index in [4.69, 9.17) is 9.47 Å². The first kappa shape index (κ1) is 20.3. The lowest BCUT2D eigenvalue weighted by molar-refractivity contribution is 0.0398. The molecule has 0 spiro atoms. The van der Waals surface area contributed by atoms with Crippen molar-refractivity contribution in [3.05, 3.63) is 17.8 Å². The minimum Gasteiger partial charge on any atom is -0.450 e. The highest BCUT2D eigenvalue weighted by Crippen LogP contribution is 2.09. The van der Waals surface area contributed by atoms with E-state index in [1.54, 1.807) is 28.9 Å². The number of hydrogen-bond acceptors (Lipinski definition) is 8. The first-order valence-electron chi connectivity index (χ1n) is 9.76. The van der Waals surface area contributed by atoms with Gasteiger partial charge in [-0.25, -0.2) is 4.79 Å². The summed E-state index contributed by atoms with van der Waals surface area (Å²) < 4.78 is 10.3. The fourth-order valence-electron chi connectivity index (χ4n) is 3.18. The molecule has 1 aromatic rings. The van der Waals surface area contributed by atoms with Crippen molar-refractivity contribution in [1.29, 1.82) is 0 Å². The molecule has 0 radical (unpaired) electrons. The van der Waals surface area contributed by atoms with Gasteiger partial charge >= 0.3 is 6.09 Å². The largest absolute Gasteiger partial charge is 0.450 e. The first-order valence-corrected chi connectivity index (χ1v) is 9.76. The molecule has 3 rings (SSSR count). The highest BCUT2D eigenvalue weighted by molar-refractivity contribution is 5.92. The molecular formula is C18H28N6O4. The predicted octanol–water partition coefficient (Wildman–Crippen LogP) is 0.135. The fraction of sp³-hybridized carbons (Fsp3) is 0.667. The van der Waals surface area contributed by atoms with Gasteiger partial charge in [-0.1, -0.05) is 0 Å². The summed E-state index contributed by atoms with van der Waals surface area (Å²) in [5, 5.41) is 11.4. The summed E-state index contributed by atoms with van der Waals surface area (Å²) in [6, 6.07) is 3.46. The van der Waals surface area contributed by atoms with Crippen LogP contribution in [0.5, 0.6) is 0 Å². The lowest BCUT2D eigenvalue weighted by Crippen LogP contribution is -2.50. The maximum Gasteiger partial charge on any atom is 0.409 e. The molecule has 0 atom stereocenters. The van der Waals surface area contributed by atoms with Gasteiger partial charge in [0.05, 0.1) is 19.8 Å². The Morgan fingerprint density at radius 3 is 2.43 bits per heavy atom. The minimum atomic E-state index is -0.332. The van der Waals surface area contributed by atoms with Crippen molar-refractivity contribution < 1.29 is 19.1 Å². The summed E-state index contributed by atoms with van der Waals surface area (Å²) >= 11 is 0. The van der Waals surface area contributed by atoms with Gasteiger partial charge in [-0.2, -0.15) is 0 Å². The van der Waals surface area contributed by atoms with Crippen LogP contribution in [0, 0.1) is 0 Å². The molecule has 0 unspecified atom stereocenters. The predicted molar refractivity (Wildman–Crippen MR) is 102 cm³/mol. The molecule has 3 heterocycles. The molecule has 1 N–H and O–H groups in total. The van der Waals surface area contributed by atoms with Gasteiger partial charge in [0, 0.05) is 52.4 Å². The minimum absolute atomic E-state index is 0.170. The van der Waals surface area contributed by atoms with Crippen LogP contribution in [0.4, 0.5) is 10.6 Å². The van der Waals surface area contributed by atoms with Gasteiger partial charge in [0.2, 0.25) is 0 Å². The number of hydrogen-bond donors (Lipinski definition) is 1. The van der Waals surface area contributed by atoms with Gasteiger partial charge < -0.3 is 24.6 Å². The number of amides is 2. The van der Waals surface area contributed by atoms with Crippen LogP contribution in [0.2, 0.25) is 0 Å². The topological polar surface area (TPSA) is 100 Å². The second-order valence-corrected chi connectivity index (χ2v) is 6.66. The van der Waals surface area contributed by atoms with E-state index in [9.17, 15) is 9.59 Å². The molecule has 2 fully saturated rings. The Balaban J connectivity index is 1.43. The van der Waals surface area contributed by atoms with Crippen LogP contribution in [-0.4, -0.2) is 109 Å². The summed E-state index contributed by atoms with van der Waals surface area (Å²) in [6.45, 7) is 9.09. The summed E-state index contributed by atoms with van der Waals surface area (Å²) in [5.74, 6) is 0.479. The number of nitrogens with zero attached hydrogens (tertiary/aromatic N) is 5. The zero-order valence-corrected chi connectivity index (χ0v) is 16.3. The average molecular weight is 392 g/mol. The molecule has 1 aromatic heterocycles. The fourth-order valence-corrected chi connectivity index (χ4v) is 3.18. The van der Waals surface area contributed by atoms with Crippen LogP contribution < -0.4 is 5.32 Å². The van der Waals surface area contributed by atoms with E-state index in [1.807, 2.05) is 0 Å². The second-order valence-electron chi connectivity index (χ2n) is 6.66. The molecule has 10 nitrogen and oxygen atoms in total. The number of anilines is 1. The Morgan fingerprint density at radius 1 is 1.07 bits per heavy atom. The van der Waals surface area contributed by atoms with E-state index in [-0.39, 0.29) is 12.0 Å². The number of rotatable bonds is 6. The summed E-state index contributed by atoms with van der Waals surface area (Å²) in [7, 11) is 0. The monoisotopic (exact) mass is 392 g/mol. The van der Waals surface area contributed by atoms with Crippen LogP contribution >= 0.6 is 0 Å². The molecule has 0 aliphatic carbocycles. The van der Waals surface area contributed by atoms with Gasteiger partial charge in [-0.3, -0.25) is 9.69 Å². The standard InChI is InChI=1S/C18H28N6O4/c1-2-28-18(26)24-9-7-23(8-10-24)17(25)15-3-4-16(21-20-15)19-5-6-22-11-13-27-14-12-22/h3-4H,2,5-14H2,1H3,(H,19,21). The zero-order valence-electron chi connectivity index (χ0n) is 16.3. The maximum absolute atomic E-state index is 12.6. The number of ether oxygens (including phenoxy) is 2. The van der Waals surface area contributed by atoms with E-state index in [0.29, 0.717) is 44.3 Å². The van der Waals surface area contributed by atoms with Crippen molar-refractivity contribution in [2.45, 2.75) is 6.92 Å². The van der Waals surface area contributed by atoms with Crippen LogP contribution in [0.1, 0.15) is 17.4 Å². The molecule has 0 bridgehead atoms. The second kappa shape index (κ2) is 10.2. The lowest BCUT2D eigenvalue weighted by Gasteiger charge is -2.33. The Bertz CT molecular complexity index is 642. The van der Waals surface area contributed by atoms with E-state index in [2.05, 4.69) is 20.4 Å². The summed E-state index contributed by atoms with van der Waals surface area (Å²) in [6.07, 6.45) is -0.332. The molecule has 10 heteroatoms. The van der Waals surface area contributed by atoms with Gasteiger partial charge in [0.15, 0.2) is 5.69 Å². The van der Waals surface area contributed by atoms with Crippen molar-refractivity contribution in [3.8, 4) is 0 Å². The van der Waals surface area contributed by atoms with Crippen molar-refractivity contribution in [2.24, 2.45) is 0 Å². The van der Waals surface area contributed by atoms with Crippen LogP contribution in [0.3, 0.4) is 0 Å². The molecule has 2 saturated heterocycles. The molecule has 0 aromatic carbocycles. The van der Waals surface area contributed by atoms with Gasteiger partial charge in [-0.05, 0) is 19.1 Å². The Morgan fingerprint density at radius 2 is 1.79 bits per heavy atom. The number of nitrogens with one attached hydrogen (secondary N) is 1. The number of carbonyl (C=O) groups excluding carboxylic acids is 2. The molecule has 2 aliphatic heterocycles. The highest BCUT2D eigenvalue weighted by atomic mass is 16.6. The molecule has 154 valence electrons. The maximum atomic E-state index is 12.6.